The van der Waals surface area contributed by atoms with Crippen molar-refractivity contribution in [3.05, 3.63) is 77.6 Å². The Morgan fingerprint density at radius 3 is 2.47 bits per heavy atom. The summed E-state index contributed by atoms with van der Waals surface area (Å²) in [6, 6.07) is 13.6. The molecule has 34 heavy (non-hydrogen) atoms. The lowest BCUT2D eigenvalue weighted by molar-refractivity contribution is 0.0985. The van der Waals surface area contributed by atoms with Gasteiger partial charge in [0.15, 0.2) is 15.0 Å². The van der Waals surface area contributed by atoms with Gasteiger partial charge in [-0.1, -0.05) is 23.5 Å². The van der Waals surface area contributed by atoms with Crippen LogP contribution in [0.25, 0.3) is 10.2 Å². The number of thiazole rings is 1. The van der Waals surface area contributed by atoms with Gasteiger partial charge in [0, 0.05) is 18.0 Å². The van der Waals surface area contributed by atoms with E-state index < -0.39 is 15.1 Å². The largest absolute Gasteiger partial charge is 0.494 e. The summed E-state index contributed by atoms with van der Waals surface area (Å²) < 4.78 is 31.4. The van der Waals surface area contributed by atoms with E-state index in [-0.39, 0.29) is 17.3 Å². The zero-order valence-corrected chi connectivity index (χ0v) is 21.0. The van der Waals surface area contributed by atoms with Crippen molar-refractivity contribution >= 4 is 42.4 Å². The second-order valence-electron chi connectivity index (χ2n) is 8.13. The van der Waals surface area contributed by atoms with Gasteiger partial charge in [0.1, 0.15) is 11.3 Å². The average Bonchev–Trinajstić information content (AvgIpc) is 3.29. The van der Waals surface area contributed by atoms with Gasteiger partial charge in [-0.25, -0.2) is 13.4 Å². The van der Waals surface area contributed by atoms with Crippen LogP contribution in [0.3, 0.4) is 0 Å². The normalized spacial score (nSPS) is 11.7. The number of ether oxygens (including phenoxy) is 1. The minimum atomic E-state index is -3.43. The van der Waals surface area contributed by atoms with Gasteiger partial charge in [-0.2, -0.15) is 0 Å². The molecule has 0 bridgehead atoms. The lowest BCUT2D eigenvalue weighted by Crippen LogP contribution is -2.30. The van der Waals surface area contributed by atoms with E-state index >= 15 is 0 Å². The van der Waals surface area contributed by atoms with E-state index in [2.05, 4.69) is 4.98 Å². The number of rotatable bonds is 7. The predicted octanol–water partition coefficient (Wildman–Crippen LogP) is 5.04. The third-order valence-corrected chi connectivity index (χ3v) is 8.89. The van der Waals surface area contributed by atoms with Gasteiger partial charge < -0.3 is 4.74 Å². The summed E-state index contributed by atoms with van der Waals surface area (Å²) in [6.45, 7) is 5.52. The highest BCUT2D eigenvalue weighted by molar-refractivity contribution is 7.92. The van der Waals surface area contributed by atoms with E-state index in [4.69, 9.17) is 9.72 Å². The fraction of sp³-hybridized carbons (Fsp3) is 0.240. The SMILES string of the molecule is COc1ccc(C)c2sc(N(Cc3cccnc3)C(=O)c3ccc(S(=O)(=O)C(C)C)cc3)nc12. The first-order valence-corrected chi connectivity index (χ1v) is 13.1. The fourth-order valence-electron chi connectivity index (χ4n) is 3.49. The van der Waals surface area contributed by atoms with Crippen LogP contribution in [-0.4, -0.2) is 36.7 Å². The second-order valence-corrected chi connectivity index (χ2v) is 11.6. The van der Waals surface area contributed by atoms with Crippen molar-refractivity contribution in [3.63, 3.8) is 0 Å². The first kappa shape index (κ1) is 23.8. The summed E-state index contributed by atoms with van der Waals surface area (Å²) in [6.07, 6.45) is 3.38. The standard InChI is InChI=1S/C25H25N3O4S2/c1-16(2)34(30,31)20-10-8-19(9-11-20)24(29)28(15-18-6-5-13-26-14-18)25-27-22-21(32-4)12-7-17(3)23(22)33-25/h5-14,16H,15H2,1-4H3. The Morgan fingerprint density at radius 2 is 1.85 bits per heavy atom. The van der Waals surface area contributed by atoms with E-state index in [0.717, 1.165) is 15.8 Å². The summed E-state index contributed by atoms with van der Waals surface area (Å²) >= 11 is 1.41. The molecule has 4 aromatic rings. The number of hydrogen-bond donors (Lipinski definition) is 0. The summed E-state index contributed by atoms with van der Waals surface area (Å²) in [5.74, 6) is 0.355. The molecule has 0 fully saturated rings. The molecule has 176 valence electrons. The maximum Gasteiger partial charge on any atom is 0.260 e. The molecule has 2 aromatic heterocycles. The average molecular weight is 496 g/mol. The Balaban J connectivity index is 1.77. The van der Waals surface area contributed by atoms with Crippen molar-refractivity contribution in [2.45, 2.75) is 37.5 Å². The van der Waals surface area contributed by atoms with Crippen LogP contribution in [0.4, 0.5) is 5.13 Å². The minimum absolute atomic E-state index is 0.193. The Bertz CT molecular complexity index is 1430. The number of carbonyl (C=O) groups excluding carboxylic acids is 1. The molecule has 0 aliphatic carbocycles. The van der Waals surface area contributed by atoms with Gasteiger partial charge in [-0.15, -0.1) is 0 Å². The van der Waals surface area contributed by atoms with Crippen LogP contribution in [0, 0.1) is 6.92 Å². The highest BCUT2D eigenvalue weighted by Gasteiger charge is 2.25. The van der Waals surface area contributed by atoms with Crippen molar-refractivity contribution in [1.82, 2.24) is 9.97 Å². The molecular formula is C25H25N3O4S2. The van der Waals surface area contributed by atoms with Gasteiger partial charge in [-0.3, -0.25) is 14.7 Å². The maximum absolute atomic E-state index is 13.7. The monoisotopic (exact) mass is 495 g/mol. The summed E-state index contributed by atoms with van der Waals surface area (Å²) in [4.78, 5) is 24.3. The highest BCUT2D eigenvalue weighted by Crippen LogP contribution is 2.37. The van der Waals surface area contributed by atoms with Crippen LogP contribution >= 0.6 is 11.3 Å². The molecule has 2 aromatic carbocycles. The number of nitrogens with zero attached hydrogens (tertiary/aromatic N) is 3. The van der Waals surface area contributed by atoms with Crippen molar-refractivity contribution in [3.8, 4) is 5.75 Å². The molecule has 1 amide bonds. The summed E-state index contributed by atoms with van der Waals surface area (Å²) in [5, 5.41) is -0.0209. The van der Waals surface area contributed by atoms with Crippen LogP contribution < -0.4 is 9.64 Å². The highest BCUT2D eigenvalue weighted by atomic mass is 32.2. The van der Waals surface area contributed by atoms with Gasteiger partial charge >= 0.3 is 0 Å². The lowest BCUT2D eigenvalue weighted by atomic mass is 10.2. The first-order valence-electron chi connectivity index (χ1n) is 10.7. The molecule has 0 radical (unpaired) electrons. The minimum Gasteiger partial charge on any atom is -0.494 e. The number of hydrogen-bond acceptors (Lipinski definition) is 7. The Kier molecular flexibility index (Phi) is 6.67. The molecule has 4 rings (SSSR count). The molecule has 0 saturated carbocycles. The molecule has 0 atom stereocenters. The smallest absolute Gasteiger partial charge is 0.260 e. The number of anilines is 1. The fourth-order valence-corrected chi connectivity index (χ4v) is 5.60. The predicted molar refractivity (Wildman–Crippen MR) is 134 cm³/mol. The number of aryl methyl sites for hydroxylation is 1. The number of pyridine rings is 1. The molecule has 0 unspecified atom stereocenters. The molecule has 0 aliphatic rings. The number of aromatic nitrogens is 2. The van der Waals surface area contributed by atoms with E-state index in [1.54, 1.807) is 50.4 Å². The molecule has 0 N–H and O–H groups in total. The third kappa shape index (κ3) is 4.53. The Labute approximate surface area is 203 Å². The van der Waals surface area contributed by atoms with Gasteiger partial charge in [0.05, 0.1) is 28.5 Å². The zero-order chi connectivity index (χ0) is 24.5. The van der Waals surface area contributed by atoms with Crippen LogP contribution in [0.1, 0.15) is 35.3 Å². The van der Waals surface area contributed by atoms with E-state index in [0.29, 0.717) is 22.0 Å². The lowest BCUT2D eigenvalue weighted by Gasteiger charge is -2.20. The summed E-state index contributed by atoms with van der Waals surface area (Å²) in [5.41, 5.74) is 2.95. The van der Waals surface area contributed by atoms with Crippen molar-refractivity contribution < 1.29 is 17.9 Å². The van der Waals surface area contributed by atoms with Crippen molar-refractivity contribution in [1.29, 1.82) is 0 Å². The number of amides is 1. The van der Waals surface area contributed by atoms with E-state index in [9.17, 15) is 13.2 Å². The van der Waals surface area contributed by atoms with Crippen molar-refractivity contribution in [2.75, 3.05) is 12.0 Å². The van der Waals surface area contributed by atoms with E-state index in [1.165, 1.54) is 23.5 Å². The first-order chi connectivity index (χ1) is 16.2. The number of sulfone groups is 1. The van der Waals surface area contributed by atoms with Crippen LogP contribution in [0.15, 0.2) is 65.8 Å². The van der Waals surface area contributed by atoms with Gasteiger partial charge in [-0.05, 0) is 68.3 Å². The number of carbonyl (C=O) groups is 1. The van der Waals surface area contributed by atoms with E-state index in [1.807, 2.05) is 31.2 Å². The molecule has 9 heteroatoms. The molecule has 2 heterocycles. The number of benzene rings is 2. The second kappa shape index (κ2) is 9.52. The zero-order valence-electron chi connectivity index (χ0n) is 19.3. The molecule has 0 spiro atoms. The van der Waals surface area contributed by atoms with Crippen LogP contribution in [0.2, 0.25) is 0 Å². The maximum atomic E-state index is 13.7. The Hall–Kier alpha value is -3.30. The number of fused-ring (bicyclic) bond motifs is 1. The quantitative estimate of drug-likeness (QED) is 0.357. The molecule has 0 aliphatic heterocycles. The molecule has 7 nitrogen and oxygen atoms in total. The van der Waals surface area contributed by atoms with Crippen molar-refractivity contribution in [2.24, 2.45) is 0 Å². The Morgan fingerprint density at radius 1 is 1.12 bits per heavy atom. The van der Waals surface area contributed by atoms with Gasteiger partial charge in [0.2, 0.25) is 0 Å². The van der Waals surface area contributed by atoms with Crippen LogP contribution in [0.5, 0.6) is 5.75 Å². The van der Waals surface area contributed by atoms with Crippen LogP contribution in [-0.2, 0) is 16.4 Å². The molecular weight excluding hydrogens is 470 g/mol. The van der Waals surface area contributed by atoms with Gasteiger partial charge in [0.25, 0.3) is 5.91 Å². The topological polar surface area (TPSA) is 89.5 Å². The number of methoxy groups -OCH3 is 1. The molecule has 0 saturated heterocycles. The summed E-state index contributed by atoms with van der Waals surface area (Å²) in [7, 11) is -1.84. The third-order valence-electron chi connectivity index (χ3n) is 5.50.